The Morgan fingerprint density at radius 2 is 2.00 bits per heavy atom. The van der Waals surface area contributed by atoms with Gasteiger partial charge in [-0.25, -0.2) is 0 Å². The summed E-state index contributed by atoms with van der Waals surface area (Å²) in [5.74, 6) is 1.55. The zero-order valence-electron chi connectivity index (χ0n) is 10.5. The maximum absolute atomic E-state index is 11.9. The molecule has 3 rings (SSSR count). The summed E-state index contributed by atoms with van der Waals surface area (Å²) in [5.41, 5.74) is 2.33. The van der Waals surface area contributed by atoms with Crippen molar-refractivity contribution in [3.63, 3.8) is 0 Å². The van der Waals surface area contributed by atoms with Crippen molar-refractivity contribution in [2.75, 3.05) is 13.1 Å². The number of carbonyl (C=O) groups is 1. The maximum Gasteiger partial charge on any atom is 0.224 e. The molecule has 2 fully saturated rings. The third kappa shape index (κ3) is 2.52. The van der Waals surface area contributed by atoms with Crippen LogP contribution in [0.25, 0.3) is 0 Å². The Kier molecular flexibility index (Phi) is 3.93. The average Bonchev–Trinajstić information content (AvgIpc) is 2.76. The molecular formula is C14H19ClN2O. The predicted octanol–water partition coefficient (Wildman–Crippen LogP) is 1.29. The third-order valence-corrected chi connectivity index (χ3v) is 4.03. The molecule has 4 heteroatoms. The lowest BCUT2D eigenvalue weighted by Gasteiger charge is -2.09. The maximum atomic E-state index is 11.9. The molecular weight excluding hydrogens is 248 g/mol. The number of benzene rings is 1. The first-order chi connectivity index (χ1) is 8.25. The summed E-state index contributed by atoms with van der Waals surface area (Å²) in [6, 6.07) is 8.52. The van der Waals surface area contributed by atoms with Crippen molar-refractivity contribution in [2.24, 2.45) is 11.8 Å². The van der Waals surface area contributed by atoms with Gasteiger partial charge in [-0.1, -0.05) is 24.3 Å². The van der Waals surface area contributed by atoms with Crippen LogP contribution >= 0.6 is 12.4 Å². The van der Waals surface area contributed by atoms with Crippen molar-refractivity contribution in [3.8, 4) is 0 Å². The molecule has 1 aliphatic carbocycles. The van der Waals surface area contributed by atoms with E-state index in [9.17, 15) is 4.79 Å². The first kappa shape index (κ1) is 13.4. The molecule has 3 nitrogen and oxygen atoms in total. The van der Waals surface area contributed by atoms with E-state index in [-0.39, 0.29) is 18.3 Å². The highest BCUT2D eigenvalue weighted by atomic mass is 35.5. The van der Waals surface area contributed by atoms with Crippen LogP contribution in [-0.4, -0.2) is 25.0 Å². The average molecular weight is 267 g/mol. The fourth-order valence-corrected chi connectivity index (χ4v) is 2.85. The molecule has 0 bridgehead atoms. The number of hydrogen-bond acceptors (Lipinski definition) is 2. The highest BCUT2D eigenvalue weighted by Crippen LogP contribution is 2.41. The summed E-state index contributed by atoms with van der Waals surface area (Å²) in [6.45, 7) is 4.19. The first-order valence-electron chi connectivity index (χ1n) is 6.30. The Bertz CT molecular complexity index is 439. The van der Waals surface area contributed by atoms with E-state index in [2.05, 4.69) is 23.6 Å². The molecule has 18 heavy (non-hydrogen) atoms. The second-order valence-corrected chi connectivity index (χ2v) is 5.18. The number of hydrogen-bond donors (Lipinski definition) is 2. The molecule has 1 heterocycles. The number of rotatable bonds is 3. The molecule has 2 N–H and O–H groups in total. The molecule has 1 aliphatic heterocycles. The number of fused-ring (bicyclic) bond motifs is 1. The van der Waals surface area contributed by atoms with Crippen LogP contribution in [0, 0.1) is 18.8 Å². The SMILES string of the molecule is Cc1ccccc1CC(=O)NC1C2CNCC21.Cl. The molecule has 98 valence electrons. The summed E-state index contributed by atoms with van der Waals surface area (Å²) in [6.07, 6.45) is 0.510. The quantitative estimate of drug-likeness (QED) is 0.866. The van der Waals surface area contributed by atoms with Gasteiger partial charge in [-0.2, -0.15) is 0 Å². The molecule has 1 aromatic rings. The van der Waals surface area contributed by atoms with Gasteiger partial charge in [-0.05, 0) is 29.9 Å². The van der Waals surface area contributed by atoms with Crippen LogP contribution in [0.5, 0.6) is 0 Å². The molecule has 0 aromatic heterocycles. The number of carbonyl (C=O) groups excluding carboxylic acids is 1. The normalized spacial score (nSPS) is 28.2. The van der Waals surface area contributed by atoms with Gasteiger partial charge < -0.3 is 10.6 Å². The smallest absolute Gasteiger partial charge is 0.224 e. The van der Waals surface area contributed by atoms with Crippen molar-refractivity contribution < 1.29 is 4.79 Å². The van der Waals surface area contributed by atoms with E-state index in [1.807, 2.05) is 18.2 Å². The molecule has 2 unspecified atom stereocenters. The molecule has 1 saturated carbocycles. The number of amides is 1. The van der Waals surface area contributed by atoms with Crippen molar-refractivity contribution in [1.82, 2.24) is 10.6 Å². The van der Waals surface area contributed by atoms with Crippen LogP contribution in [0.4, 0.5) is 0 Å². The summed E-state index contributed by atoms with van der Waals surface area (Å²) < 4.78 is 0. The van der Waals surface area contributed by atoms with Crippen LogP contribution < -0.4 is 10.6 Å². The van der Waals surface area contributed by atoms with Gasteiger partial charge >= 0.3 is 0 Å². The van der Waals surface area contributed by atoms with E-state index in [1.54, 1.807) is 0 Å². The standard InChI is InChI=1S/C14H18N2O.ClH/c1-9-4-2-3-5-10(9)6-13(17)16-14-11-7-15-8-12(11)14;/h2-5,11-12,14-15H,6-8H2,1H3,(H,16,17);1H. The van der Waals surface area contributed by atoms with Crippen LogP contribution in [0.1, 0.15) is 11.1 Å². The van der Waals surface area contributed by atoms with Crippen LogP contribution in [-0.2, 0) is 11.2 Å². The van der Waals surface area contributed by atoms with Crippen molar-refractivity contribution >= 4 is 18.3 Å². The topological polar surface area (TPSA) is 41.1 Å². The Balaban J connectivity index is 0.00000120. The van der Waals surface area contributed by atoms with E-state index in [1.165, 1.54) is 5.56 Å². The highest BCUT2D eigenvalue weighted by Gasteiger charge is 2.53. The molecule has 1 amide bonds. The number of halogens is 1. The van der Waals surface area contributed by atoms with Crippen LogP contribution in [0.15, 0.2) is 24.3 Å². The van der Waals surface area contributed by atoms with Gasteiger partial charge in [0.25, 0.3) is 0 Å². The van der Waals surface area contributed by atoms with E-state index in [0.29, 0.717) is 24.3 Å². The second-order valence-electron chi connectivity index (χ2n) is 5.18. The monoisotopic (exact) mass is 266 g/mol. The molecule has 2 aliphatic rings. The molecule has 1 aromatic carbocycles. The van der Waals surface area contributed by atoms with Gasteiger partial charge in [0.15, 0.2) is 0 Å². The second kappa shape index (κ2) is 5.29. The lowest BCUT2D eigenvalue weighted by atomic mass is 10.1. The van der Waals surface area contributed by atoms with Gasteiger partial charge in [0.05, 0.1) is 6.42 Å². The van der Waals surface area contributed by atoms with E-state index in [4.69, 9.17) is 0 Å². The van der Waals surface area contributed by atoms with Gasteiger partial charge in [-0.15, -0.1) is 12.4 Å². The minimum Gasteiger partial charge on any atom is -0.352 e. The Morgan fingerprint density at radius 3 is 2.67 bits per heavy atom. The Morgan fingerprint density at radius 1 is 1.33 bits per heavy atom. The fraction of sp³-hybridized carbons (Fsp3) is 0.500. The highest BCUT2D eigenvalue weighted by molar-refractivity contribution is 5.85. The van der Waals surface area contributed by atoms with Crippen molar-refractivity contribution in [1.29, 1.82) is 0 Å². The zero-order chi connectivity index (χ0) is 11.8. The summed E-state index contributed by atoms with van der Waals surface area (Å²) >= 11 is 0. The van der Waals surface area contributed by atoms with Crippen molar-refractivity contribution in [2.45, 2.75) is 19.4 Å². The van der Waals surface area contributed by atoms with Gasteiger partial charge in [0.1, 0.15) is 0 Å². The minimum absolute atomic E-state index is 0. The summed E-state index contributed by atoms with van der Waals surface area (Å²) in [4.78, 5) is 11.9. The summed E-state index contributed by atoms with van der Waals surface area (Å²) in [7, 11) is 0. The number of nitrogens with one attached hydrogen (secondary N) is 2. The fourth-order valence-electron chi connectivity index (χ4n) is 2.85. The Labute approximate surface area is 114 Å². The number of piperidine rings is 1. The molecule has 2 atom stereocenters. The minimum atomic E-state index is 0. The lowest BCUT2D eigenvalue weighted by molar-refractivity contribution is -0.120. The Hall–Kier alpha value is -1.06. The first-order valence-corrected chi connectivity index (χ1v) is 6.30. The van der Waals surface area contributed by atoms with Crippen LogP contribution in [0.2, 0.25) is 0 Å². The van der Waals surface area contributed by atoms with Gasteiger partial charge in [0.2, 0.25) is 5.91 Å². The predicted molar refractivity (Wildman–Crippen MR) is 73.9 cm³/mol. The van der Waals surface area contributed by atoms with Gasteiger partial charge in [-0.3, -0.25) is 4.79 Å². The van der Waals surface area contributed by atoms with E-state index in [0.717, 1.165) is 18.7 Å². The lowest BCUT2D eigenvalue weighted by Crippen LogP contribution is -2.33. The molecule has 0 radical (unpaired) electrons. The largest absolute Gasteiger partial charge is 0.352 e. The summed E-state index contributed by atoms with van der Waals surface area (Å²) in [5, 5.41) is 6.49. The van der Waals surface area contributed by atoms with Crippen LogP contribution in [0.3, 0.4) is 0 Å². The van der Waals surface area contributed by atoms with E-state index < -0.39 is 0 Å². The number of aryl methyl sites for hydroxylation is 1. The van der Waals surface area contributed by atoms with Crippen molar-refractivity contribution in [3.05, 3.63) is 35.4 Å². The third-order valence-electron chi connectivity index (χ3n) is 4.03. The molecule has 1 saturated heterocycles. The molecule has 0 spiro atoms. The van der Waals surface area contributed by atoms with E-state index >= 15 is 0 Å². The van der Waals surface area contributed by atoms with Gasteiger partial charge in [0, 0.05) is 19.1 Å². The zero-order valence-corrected chi connectivity index (χ0v) is 11.3.